The Bertz CT molecular complexity index is 609. The molecule has 0 saturated heterocycles. The van der Waals surface area contributed by atoms with Crippen LogP contribution in [0.1, 0.15) is 77.6 Å². The van der Waals surface area contributed by atoms with Gasteiger partial charge in [0.15, 0.2) is 11.5 Å². The number of rotatable bonds is 17. The van der Waals surface area contributed by atoms with E-state index in [-0.39, 0.29) is 13.0 Å². The molecule has 0 bridgehead atoms. The van der Waals surface area contributed by atoms with Gasteiger partial charge in [-0.1, -0.05) is 58.3 Å². The van der Waals surface area contributed by atoms with E-state index in [0.717, 1.165) is 19.3 Å². The van der Waals surface area contributed by atoms with Crippen LogP contribution in [0.4, 0.5) is 0 Å². The van der Waals surface area contributed by atoms with Crippen molar-refractivity contribution in [2.24, 2.45) is 5.73 Å². The van der Waals surface area contributed by atoms with Gasteiger partial charge in [0.05, 0.1) is 6.42 Å². The number of carbonyl (C=O) groups is 3. The molecule has 0 aliphatic rings. The summed E-state index contributed by atoms with van der Waals surface area (Å²) < 4.78 is 36.1. The summed E-state index contributed by atoms with van der Waals surface area (Å²) in [5, 5.41) is 8.73. The molecule has 29 heavy (non-hydrogen) atoms. The van der Waals surface area contributed by atoms with E-state index >= 15 is 0 Å². The molecule has 0 radical (unpaired) electrons. The Kier molecular flexibility index (Phi) is 14.3. The molecule has 0 fully saturated rings. The third kappa shape index (κ3) is 14.0. The van der Waals surface area contributed by atoms with Crippen LogP contribution in [0.25, 0.3) is 0 Å². The molecule has 0 aromatic carbocycles. The van der Waals surface area contributed by atoms with Gasteiger partial charge in [-0.15, -0.1) is 0 Å². The highest BCUT2D eigenvalue weighted by atomic mass is 32.2. The molecule has 5 N–H and O–H groups in total. The molecule has 11 heteroatoms. The Hall–Kier alpha value is -1.72. The van der Waals surface area contributed by atoms with Crippen LogP contribution in [0, 0.1) is 0 Å². The average Bonchev–Trinajstić information content (AvgIpc) is 2.63. The second kappa shape index (κ2) is 15.2. The summed E-state index contributed by atoms with van der Waals surface area (Å²) >= 11 is 0. The number of nitrogens with two attached hydrogens (primary N) is 1. The minimum Gasteiger partial charge on any atom is -0.481 e. The zero-order chi connectivity index (χ0) is 22.3. The minimum atomic E-state index is -4.98. The molecule has 0 aliphatic heterocycles. The number of amides is 1. The SMILES string of the molecule is CCCCCCCCCCCC(=O)NC(CN)OC(=O)C(CC(=O)O)S(=O)(=O)O. The summed E-state index contributed by atoms with van der Waals surface area (Å²) in [7, 11) is -4.98. The Labute approximate surface area is 172 Å². The van der Waals surface area contributed by atoms with E-state index in [4.69, 9.17) is 20.1 Å². The molecule has 10 nitrogen and oxygen atoms in total. The molecule has 0 heterocycles. The van der Waals surface area contributed by atoms with Gasteiger partial charge in [-0.2, -0.15) is 8.42 Å². The van der Waals surface area contributed by atoms with Crippen LogP contribution in [0.15, 0.2) is 0 Å². The molecule has 2 unspecified atom stereocenters. The topological polar surface area (TPSA) is 173 Å². The predicted molar refractivity (Wildman–Crippen MR) is 107 cm³/mol. The van der Waals surface area contributed by atoms with Crippen LogP contribution in [-0.4, -0.2) is 53.9 Å². The lowest BCUT2D eigenvalue weighted by Crippen LogP contribution is -2.46. The number of carboxylic acid groups (broad SMARTS) is 1. The smallest absolute Gasteiger partial charge is 0.329 e. The zero-order valence-electron chi connectivity index (χ0n) is 17.0. The van der Waals surface area contributed by atoms with Crippen molar-refractivity contribution in [1.29, 1.82) is 0 Å². The number of aliphatic carboxylic acids is 1. The van der Waals surface area contributed by atoms with Gasteiger partial charge in [-0.25, -0.2) is 0 Å². The van der Waals surface area contributed by atoms with Gasteiger partial charge >= 0.3 is 11.9 Å². The Morgan fingerprint density at radius 2 is 1.52 bits per heavy atom. The van der Waals surface area contributed by atoms with Crippen LogP contribution in [0.3, 0.4) is 0 Å². The van der Waals surface area contributed by atoms with Crippen LogP contribution in [0.5, 0.6) is 0 Å². The first kappa shape index (κ1) is 27.3. The third-order valence-corrected chi connectivity index (χ3v) is 5.36. The summed E-state index contributed by atoms with van der Waals surface area (Å²) in [6.07, 6.45) is 7.54. The van der Waals surface area contributed by atoms with Gasteiger partial charge in [-0.05, 0) is 6.42 Å². The maximum Gasteiger partial charge on any atom is 0.329 e. The van der Waals surface area contributed by atoms with Crippen LogP contribution >= 0.6 is 0 Å². The molecule has 0 aromatic rings. The maximum atomic E-state index is 11.9. The molecule has 0 aromatic heterocycles. The fourth-order valence-electron chi connectivity index (χ4n) is 2.67. The van der Waals surface area contributed by atoms with E-state index in [1.165, 1.54) is 32.1 Å². The lowest BCUT2D eigenvalue weighted by molar-refractivity contribution is -0.153. The van der Waals surface area contributed by atoms with Crippen LogP contribution in [0.2, 0.25) is 0 Å². The number of nitrogens with one attached hydrogen (secondary N) is 1. The highest BCUT2D eigenvalue weighted by molar-refractivity contribution is 7.87. The number of hydrogen-bond acceptors (Lipinski definition) is 7. The van der Waals surface area contributed by atoms with Gasteiger partial charge in [0, 0.05) is 13.0 Å². The number of carbonyl (C=O) groups excluding carboxylic acids is 2. The summed E-state index contributed by atoms with van der Waals surface area (Å²) in [6, 6.07) is 0. The van der Waals surface area contributed by atoms with Crippen molar-refractivity contribution in [2.45, 2.75) is 89.0 Å². The normalized spacial score (nSPS) is 13.5. The lowest BCUT2D eigenvalue weighted by Gasteiger charge is -2.20. The Morgan fingerprint density at radius 3 is 1.97 bits per heavy atom. The average molecular weight is 439 g/mol. The number of ether oxygens (including phenoxy) is 1. The Balaban J connectivity index is 4.24. The Morgan fingerprint density at radius 1 is 1.00 bits per heavy atom. The standard InChI is InChI=1S/C18H34N2O8S/c1-2-3-4-5-6-7-8-9-10-11-15(21)20-16(13-19)28-18(24)14(12-17(22)23)29(25,26)27/h14,16H,2-13,19H2,1H3,(H,20,21)(H,22,23)(H,25,26,27). The lowest BCUT2D eigenvalue weighted by atomic mass is 10.1. The van der Waals surface area contributed by atoms with E-state index in [9.17, 15) is 22.8 Å². The van der Waals surface area contributed by atoms with E-state index in [1.54, 1.807) is 0 Å². The summed E-state index contributed by atoms with van der Waals surface area (Å²) in [5.41, 5.74) is 5.40. The van der Waals surface area contributed by atoms with Crippen molar-refractivity contribution in [3.8, 4) is 0 Å². The molecule has 0 spiro atoms. The maximum absolute atomic E-state index is 11.9. The molecular formula is C18H34N2O8S. The van der Waals surface area contributed by atoms with Crippen molar-refractivity contribution in [1.82, 2.24) is 5.32 Å². The summed E-state index contributed by atoms with van der Waals surface area (Å²) in [4.78, 5) is 34.5. The van der Waals surface area contributed by atoms with E-state index in [0.29, 0.717) is 6.42 Å². The van der Waals surface area contributed by atoms with Crippen molar-refractivity contribution in [3.05, 3.63) is 0 Å². The number of carboxylic acids is 1. The largest absolute Gasteiger partial charge is 0.481 e. The molecule has 0 rings (SSSR count). The van der Waals surface area contributed by atoms with Crippen LogP contribution < -0.4 is 11.1 Å². The number of hydrogen-bond donors (Lipinski definition) is 4. The monoisotopic (exact) mass is 438 g/mol. The van der Waals surface area contributed by atoms with Gasteiger partial charge in [-0.3, -0.25) is 18.9 Å². The minimum absolute atomic E-state index is 0.195. The first-order valence-electron chi connectivity index (χ1n) is 9.99. The van der Waals surface area contributed by atoms with E-state index < -0.39 is 45.9 Å². The van der Waals surface area contributed by atoms with Crippen molar-refractivity contribution < 1.29 is 37.2 Å². The fourth-order valence-corrected chi connectivity index (χ4v) is 3.32. The van der Waals surface area contributed by atoms with E-state index in [2.05, 4.69) is 12.2 Å². The van der Waals surface area contributed by atoms with Crippen LogP contribution in [-0.2, 0) is 29.2 Å². The van der Waals surface area contributed by atoms with Crippen molar-refractivity contribution in [2.75, 3.05) is 6.54 Å². The van der Waals surface area contributed by atoms with Gasteiger partial charge in [0.25, 0.3) is 10.1 Å². The second-order valence-corrected chi connectivity index (χ2v) is 8.51. The second-order valence-electron chi connectivity index (χ2n) is 6.91. The summed E-state index contributed by atoms with van der Waals surface area (Å²) in [5.74, 6) is -3.52. The first-order valence-corrected chi connectivity index (χ1v) is 11.5. The highest BCUT2D eigenvalue weighted by Crippen LogP contribution is 2.11. The van der Waals surface area contributed by atoms with Crippen molar-refractivity contribution in [3.63, 3.8) is 0 Å². The van der Waals surface area contributed by atoms with Gasteiger partial charge in [0.1, 0.15) is 0 Å². The molecule has 1 amide bonds. The van der Waals surface area contributed by atoms with Gasteiger partial charge in [0.2, 0.25) is 5.91 Å². The van der Waals surface area contributed by atoms with Gasteiger partial charge < -0.3 is 20.9 Å². The molecule has 2 atom stereocenters. The molecule has 170 valence electrons. The fraction of sp³-hybridized carbons (Fsp3) is 0.833. The van der Waals surface area contributed by atoms with Crippen molar-refractivity contribution >= 4 is 28.0 Å². The molecule has 0 saturated carbocycles. The third-order valence-electron chi connectivity index (χ3n) is 4.28. The number of esters is 1. The molecular weight excluding hydrogens is 404 g/mol. The first-order chi connectivity index (χ1) is 13.6. The summed E-state index contributed by atoms with van der Waals surface area (Å²) in [6.45, 7) is 1.84. The quantitative estimate of drug-likeness (QED) is 0.114. The zero-order valence-corrected chi connectivity index (χ0v) is 17.8. The highest BCUT2D eigenvalue weighted by Gasteiger charge is 2.36. The predicted octanol–water partition coefficient (Wildman–Crippen LogP) is 1.58. The van der Waals surface area contributed by atoms with E-state index in [1.807, 2.05) is 0 Å². The molecule has 0 aliphatic carbocycles. The number of unbranched alkanes of at least 4 members (excludes halogenated alkanes) is 8.